The molecule has 0 bridgehead atoms. The van der Waals surface area contributed by atoms with Crippen LogP contribution in [0.1, 0.15) is 13.3 Å². The van der Waals surface area contributed by atoms with Crippen LogP contribution in [0.2, 0.25) is 0 Å². The highest BCUT2D eigenvalue weighted by Gasteiger charge is 1.92. The normalized spacial score (nSPS) is 12.5. The van der Waals surface area contributed by atoms with E-state index in [1.807, 2.05) is 6.92 Å². The van der Waals surface area contributed by atoms with E-state index in [4.69, 9.17) is 11.2 Å². The average molecular weight is 141 g/mol. The zero-order valence-electron chi connectivity index (χ0n) is 6.68. The van der Waals surface area contributed by atoms with Crippen LogP contribution in [0.3, 0.4) is 0 Å². The van der Waals surface area contributed by atoms with Gasteiger partial charge in [-0.25, -0.2) is 0 Å². The Bertz CT molecular complexity index is 106. The van der Waals surface area contributed by atoms with Crippen LogP contribution in [0.4, 0.5) is 0 Å². The molecule has 0 saturated carbocycles. The summed E-state index contributed by atoms with van der Waals surface area (Å²) in [6.45, 7) is 3.69. The van der Waals surface area contributed by atoms with E-state index < -0.39 is 0 Å². The van der Waals surface area contributed by atoms with E-state index in [-0.39, 0.29) is 6.04 Å². The molecule has 0 aliphatic heterocycles. The fraction of sp³-hybridized carbons (Fsp3) is 0.750. The van der Waals surface area contributed by atoms with Gasteiger partial charge in [0.25, 0.3) is 0 Å². The van der Waals surface area contributed by atoms with Gasteiger partial charge in [-0.1, -0.05) is 5.92 Å². The van der Waals surface area contributed by atoms with Crippen molar-refractivity contribution in [2.45, 2.75) is 19.4 Å². The molecule has 10 heavy (non-hydrogen) atoms. The van der Waals surface area contributed by atoms with Crippen molar-refractivity contribution in [2.75, 3.05) is 20.3 Å². The lowest BCUT2D eigenvalue weighted by molar-refractivity contribution is 0.194. The van der Waals surface area contributed by atoms with Gasteiger partial charge in [-0.15, -0.1) is 6.42 Å². The summed E-state index contributed by atoms with van der Waals surface area (Å²) in [6, 6.07) is 0.178. The Hall–Kier alpha value is -0.520. The van der Waals surface area contributed by atoms with Crippen molar-refractivity contribution < 1.29 is 4.74 Å². The summed E-state index contributed by atoms with van der Waals surface area (Å²) in [6.07, 6.45) is 6.16. The molecular weight excluding hydrogens is 126 g/mol. The molecule has 0 radical (unpaired) electrons. The average Bonchev–Trinajstić information content (AvgIpc) is 1.98. The SMILES string of the molecule is C#CC(C)NCCCOC. The third-order valence-electron chi connectivity index (χ3n) is 1.23. The maximum absolute atomic E-state index is 5.14. The summed E-state index contributed by atoms with van der Waals surface area (Å²) in [7, 11) is 1.70. The largest absolute Gasteiger partial charge is 0.385 e. The molecule has 0 aromatic heterocycles. The Morgan fingerprint density at radius 3 is 2.90 bits per heavy atom. The Morgan fingerprint density at radius 1 is 1.70 bits per heavy atom. The van der Waals surface area contributed by atoms with Crippen LogP contribution >= 0.6 is 0 Å². The van der Waals surface area contributed by atoms with E-state index in [9.17, 15) is 0 Å². The van der Waals surface area contributed by atoms with Crippen LogP contribution < -0.4 is 5.32 Å². The van der Waals surface area contributed by atoms with Crippen LogP contribution in [0.5, 0.6) is 0 Å². The lowest BCUT2D eigenvalue weighted by Crippen LogP contribution is -2.25. The minimum absolute atomic E-state index is 0.178. The molecule has 0 amide bonds. The molecule has 0 aliphatic rings. The Kier molecular flexibility index (Phi) is 6.25. The summed E-state index contributed by atoms with van der Waals surface area (Å²) in [5.74, 6) is 2.59. The molecule has 0 rings (SSSR count). The second-order valence-electron chi connectivity index (χ2n) is 2.19. The van der Waals surface area contributed by atoms with Gasteiger partial charge in [0.1, 0.15) is 0 Å². The van der Waals surface area contributed by atoms with Gasteiger partial charge in [-0.3, -0.25) is 0 Å². The first kappa shape index (κ1) is 9.48. The molecule has 1 unspecified atom stereocenters. The van der Waals surface area contributed by atoms with Crippen LogP contribution in [0.25, 0.3) is 0 Å². The highest BCUT2D eigenvalue weighted by molar-refractivity contribution is 4.95. The van der Waals surface area contributed by atoms with Gasteiger partial charge < -0.3 is 10.1 Å². The van der Waals surface area contributed by atoms with Gasteiger partial charge in [-0.05, 0) is 19.9 Å². The Balaban J connectivity index is 2.98. The van der Waals surface area contributed by atoms with E-state index in [2.05, 4.69) is 11.2 Å². The predicted octanol–water partition coefficient (Wildman–Crippen LogP) is 0.634. The van der Waals surface area contributed by atoms with Gasteiger partial charge in [-0.2, -0.15) is 0 Å². The quantitative estimate of drug-likeness (QED) is 0.448. The minimum Gasteiger partial charge on any atom is -0.385 e. The molecule has 0 aromatic rings. The molecule has 0 heterocycles. The molecule has 1 atom stereocenters. The first-order valence-corrected chi connectivity index (χ1v) is 3.49. The number of methoxy groups -OCH3 is 1. The summed E-state index contributed by atoms with van der Waals surface area (Å²) in [5.41, 5.74) is 0. The Labute approximate surface area is 63.0 Å². The minimum atomic E-state index is 0.178. The van der Waals surface area contributed by atoms with Crippen LogP contribution in [0, 0.1) is 12.3 Å². The van der Waals surface area contributed by atoms with Gasteiger partial charge in [0.05, 0.1) is 6.04 Å². The number of nitrogens with one attached hydrogen (secondary N) is 1. The third-order valence-corrected chi connectivity index (χ3v) is 1.23. The van der Waals surface area contributed by atoms with Gasteiger partial charge >= 0.3 is 0 Å². The first-order valence-electron chi connectivity index (χ1n) is 3.49. The number of terminal acetylenes is 1. The zero-order valence-corrected chi connectivity index (χ0v) is 6.68. The highest BCUT2D eigenvalue weighted by Crippen LogP contribution is 1.80. The number of hydrogen-bond donors (Lipinski definition) is 1. The summed E-state index contributed by atoms with van der Waals surface area (Å²) < 4.78 is 4.87. The molecule has 58 valence electrons. The van der Waals surface area contributed by atoms with Crippen LogP contribution in [-0.2, 0) is 4.74 Å². The van der Waals surface area contributed by atoms with Gasteiger partial charge in [0.15, 0.2) is 0 Å². The summed E-state index contributed by atoms with van der Waals surface area (Å²) in [4.78, 5) is 0. The second kappa shape index (κ2) is 6.60. The maximum Gasteiger partial charge on any atom is 0.0658 e. The van der Waals surface area contributed by atoms with Crippen LogP contribution in [0.15, 0.2) is 0 Å². The molecule has 2 nitrogen and oxygen atoms in total. The molecule has 2 heteroatoms. The molecule has 0 spiro atoms. The maximum atomic E-state index is 5.14. The standard InChI is InChI=1S/C8H15NO/c1-4-8(2)9-6-5-7-10-3/h1,8-9H,5-7H2,2-3H3. The second-order valence-corrected chi connectivity index (χ2v) is 2.19. The van der Waals surface area contributed by atoms with Gasteiger partial charge in [0, 0.05) is 13.7 Å². The topological polar surface area (TPSA) is 21.3 Å². The molecule has 1 N–H and O–H groups in total. The van der Waals surface area contributed by atoms with Gasteiger partial charge in [0.2, 0.25) is 0 Å². The van der Waals surface area contributed by atoms with E-state index in [0.717, 1.165) is 19.6 Å². The van der Waals surface area contributed by atoms with Crippen molar-refractivity contribution in [3.05, 3.63) is 0 Å². The van der Waals surface area contributed by atoms with Crippen LogP contribution in [-0.4, -0.2) is 26.3 Å². The molecule has 0 aliphatic carbocycles. The molecule has 0 fully saturated rings. The van der Waals surface area contributed by atoms with Crippen molar-refractivity contribution in [3.63, 3.8) is 0 Å². The third kappa shape index (κ3) is 5.61. The van der Waals surface area contributed by atoms with Crippen molar-refractivity contribution in [3.8, 4) is 12.3 Å². The highest BCUT2D eigenvalue weighted by atomic mass is 16.5. The first-order chi connectivity index (χ1) is 4.81. The molecule has 0 saturated heterocycles. The predicted molar refractivity (Wildman–Crippen MR) is 42.8 cm³/mol. The van der Waals surface area contributed by atoms with E-state index in [0.29, 0.717) is 0 Å². The van der Waals surface area contributed by atoms with E-state index >= 15 is 0 Å². The lowest BCUT2D eigenvalue weighted by atomic mass is 10.3. The summed E-state index contributed by atoms with van der Waals surface area (Å²) in [5, 5.41) is 3.15. The number of rotatable bonds is 5. The zero-order chi connectivity index (χ0) is 7.82. The van der Waals surface area contributed by atoms with E-state index in [1.165, 1.54) is 0 Å². The summed E-state index contributed by atoms with van der Waals surface area (Å²) >= 11 is 0. The van der Waals surface area contributed by atoms with Crippen molar-refractivity contribution >= 4 is 0 Å². The fourth-order valence-corrected chi connectivity index (χ4v) is 0.594. The smallest absolute Gasteiger partial charge is 0.0658 e. The fourth-order valence-electron chi connectivity index (χ4n) is 0.594. The number of ether oxygens (including phenoxy) is 1. The lowest BCUT2D eigenvalue weighted by Gasteiger charge is -2.05. The molecular formula is C8H15NO. The Morgan fingerprint density at radius 2 is 2.40 bits per heavy atom. The van der Waals surface area contributed by atoms with Crippen molar-refractivity contribution in [1.29, 1.82) is 0 Å². The van der Waals surface area contributed by atoms with Crippen molar-refractivity contribution in [1.82, 2.24) is 5.32 Å². The monoisotopic (exact) mass is 141 g/mol. The molecule has 0 aromatic carbocycles. The van der Waals surface area contributed by atoms with Crippen molar-refractivity contribution in [2.24, 2.45) is 0 Å². The van der Waals surface area contributed by atoms with E-state index in [1.54, 1.807) is 7.11 Å². The number of hydrogen-bond acceptors (Lipinski definition) is 2.